The van der Waals surface area contributed by atoms with Crippen LogP contribution in [0.4, 0.5) is 0 Å². The topological polar surface area (TPSA) is 32.3 Å². The summed E-state index contributed by atoms with van der Waals surface area (Å²) in [5, 5.41) is 3.60. The van der Waals surface area contributed by atoms with E-state index in [-0.39, 0.29) is 11.9 Å². The Balaban J connectivity index is 1.59. The van der Waals surface area contributed by atoms with Gasteiger partial charge in [0, 0.05) is 23.6 Å². The smallest absolute Gasteiger partial charge is 0.253 e. The van der Waals surface area contributed by atoms with Crippen molar-refractivity contribution in [3.8, 4) is 0 Å². The van der Waals surface area contributed by atoms with Crippen molar-refractivity contribution in [2.75, 3.05) is 13.1 Å². The van der Waals surface area contributed by atoms with E-state index in [1.165, 1.54) is 5.56 Å². The Morgan fingerprint density at radius 1 is 1.25 bits per heavy atom. The van der Waals surface area contributed by atoms with Crippen LogP contribution in [0.25, 0.3) is 0 Å². The molecule has 1 fully saturated rings. The summed E-state index contributed by atoms with van der Waals surface area (Å²) in [4.78, 5) is 14.9. The number of carbonyl (C=O) groups is 1. The average molecular weight is 408 g/mol. The van der Waals surface area contributed by atoms with Crippen LogP contribution < -0.4 is 5.32 Å². The molecule has 1 amide bonds. The van der Waals surface area contributed by atoms with Crippen molar-refractivity contribution in [3.05, 3.63) is 69.2 Å². The molecule has 0 aliphatic carbocycles. The molecule has 0 saturated carbocycles. The van der Waals surface area contributed by atoms with Gasteiger partial charge in [0.1, 0.15) is 0 Å². The molecule has 0 bridgehead atoms. The number of likely N-dealkylation sites (tertiary alicyclic amines) is 1. The van der Waals surface area contributed by atoms with Gasteiger partial charge in [0.25, 0.3) is 5.91 Å². The first-order valence-electron chi connectivity index (χ1n) is 8.14. The van der Waals surface area contributed by atoms with E-state index in [1.54, 1.807) is 12.1 Å². The van der Waals surface area contributed by atoms with E-state index in [4.69, 9.17) is 11.6 Å². The van der Waals surface area contributed by atoms with E-state index in [9.17, 15) is 4.79 Å². The standard InChI is InChI=1S/C19H20BrClN2O/c20-15-8-9-17(18(21)11-15)19(24)22-16-7-4-10-23(13-16)12-14-5-2-1-3-6-14/h1-3,5-6,8-9,11,16H,4,7,10,12-13H2,(H,22,24). The van der Waals surface area contributed by atoms with Gasteiger partial charge < -0.3 is 5.32 Å². The van der Waals surface area contributed by atoms with Gasteiger partial charge in [-0.05, 0) is 43.1 Å². The molecule has 126 valence electrons. The maximum atomic E-state index is 12.5. The van der Waals surface area contributed by atoms with Crippen molar-refractivity contribution in [3.63, 3.8) is 0 Å². The second-order valence-corrected chi connectivity index (χ2v) is 7.48. The first-order chi connectivity index (χ1) is 11.6. The van der Waals surface area contributed by atoms with E-state index in [1.807, 2.05) is 12.1 Å². The zero-order valence-corrected chi connectivity index (χ0v) is 15.7. The molecule has 0 spiro atoms. The van der Waals surface area contributed by atoms with Gasteiger partial charge in [-0.25, -0.2) is 0 Å². The molecule has 1 aliphatic heterocycles. The Morgan fingerprint density at radius 2 is 2.04 bits per heavy atom. The van der Waals surface area contributed by atoms with Gasteiger partial charge in [0.15, 0.2) is 0 Å². The molecule has 1 saturated heterocycles. The Bertz CT molecular complexity index is 708. The van der Waals surface area contributed by atoms with Crippen molar-refractivity contribution < 1.29 is 4.79 Å². The lowest BCUT2D eigenvalue weighted by Crippen LogP contribution is -2.47. The van der Waals surface area contributed by atoms with E-state index >= 15 is 0 Å². The average Bonchev–Trinajstić information content (AvgIpc) is 2.56. The molecule has 0 aromatic heterocycles. The summed E-state index contributed by atoms with van der Waals surface area (Å²) in [6.45, 7) is 2.86. The summed E-state index contributed by atoms with van der Waals surface area (Å²) in [6, 6.07) is 15.9. The largest absolute Gasteiger partial charge is 0.348 e. The minimum absolute atomic E-state index is 0.0981. The number of nitrogens with one attached hydrogen (secondary N) is 1. The van der Waals surface area contributed by atoms with Crippen LogP contribution in [0.1, 0.15) is 28.8 Å². The van der Waals surface area contributed by atoms with Crippen LogP contribution in [0.5, 0.6) is 0 Å². The first-order valence-corrected chi connectivity index (χ1v) is 9.31. The number of carbonyl (C=O) groups excluding carboxylic acids is 1. The number of hydrogen-bond acceptors (Lipinski definition) is 2. The number of rotatable bonds is 4. The van der Waals surface area contributed by atoms with Crippen LogP contribution >= 0.6 is 27.5 Å². The molecule has 5 heteroatoms. The van der Waals surface area contributed by atoms with Crippen LogP contribution in [0.2, 0.25) is 5.02 Å². The first kappa shape index (κ1) is 17.5. The second kappa shape index (κ2) is 8.15. The third kappa shape index (κ3) is 4.59. The quantitative estimate of drug-likeness (QED) is 0.809. The summed E-state index contributed by atoms with van der Waals surface area (Å²) in [7, 11) is 0. The van der Waals surface area contributed by atoms with Crippen LogP contribution in [0.15, 0.2) is 53.0 Å². The highest BCUT2D eigenvalue weighted by Gasteiger charge is 2.22. The normalized spacial score (nSPS) is 18.3. The molecule has 24 heavy (non-hydrogen) atoms. The molecule has 3 rings (SSSR count). The molecule has 0 radical (unpaired) electrons. The van der Waals surface area contributed by atoms with Gasteiger partial charge in [-0.3, -0.25) is 9.69 Å². The molecule has 1 unspecified atom stereocenters. The lowest BCUT2D eigenvalue weighted by Gasteiger charge is -2.33. The Morgan fingerprint density at radius 3 is 2.79 bits per heavy atom. The van der Waals surface area contributed by atoms with Crippen molar-refractivity contribution in [1.82, 2.24) is 10.2 Å². The zero-order chi connectivity index (χ0) is 16.9. The molecule has 1 atom stereocenters. The summed E-state index contributed by atoms with van der Waals surface area (Å²) >= 11 is 9.54. The molecule has 3 nitrogen and oxygen atoms in total. The van der Waals surface area contributed by atoms with Crippen molar-refractivity contribution in [2.24, 2.45) is 0 Å². The maximum Gasteiger partial charge on any atom is 0.253 e. The predicted molar refractivity (Wildman–Crippen MR) is 101 cm³/mol. The molecule has 1 N–H and O–H groups in total. The highest BCUT2D eigenvalue weighted by atomic mass is 79.9. The van der Waals surface area contributed by atoms with E-state index in [2.05, 4.69) is 50.4 Å². The summed E-state index contributed by atoms with van der Waals surface area (Å²) in [6.07, 6.45) is 2.09. The second-order valence-electron chi connectivity index (χ2n) is 6.16. The van der Waals surface area contributed by atoms with Gasteiger partial charge in [0.2, 0.25) is 0 Å². The Kier molecular flexibility index (Phi) is 5.93. The Labute approximate surface area is 156 Å². The highest BCUT2D eigenvalue weighted by molar-refractivity contribution is 9.10. The van der Waals surface area contributed by atoms with Crippen molar-refractivity contribution in [2.45, 2.75) is 25.4 Å². The van der Waals surface area contributed by atoms with Crippen LogP contribution in [0, 0.1) is 0 Å². The summed E-state index contributed by atoms with van der Waals surface area (Å²) < 4.78 is 0.871. The minimum Gasteiger partial charge on any atom is -0.348 e. The summed E-state index contributed by atoms with van der Waals surface area (Å²) in [5.74, 6) is -0.0981. The lowest BCUT2D eigenvalue weighted by molar-refractivity contribution is 0.0901. The van der Waals surface area contributed by atoms with E-state index in [0.717, 1.165) is 36.9 Å². The van der Waals surface area contributed by atoms with Gasteiger partial charge in [0.05, 0.1) is 10.6 Å². The Hall–Kier alpha value is -1.36. The van der Waals surface area contributed by atoms with Crippen LogP contribution in [-0.2, 0) is 6.54 Å². The fraction of sp³-hybridized carbons (Fsp3) is 0.316. The molecule has 1 aliphatic rings. The zero-order valence-electron chi connectivity index (χ0n) is 13.3. The van der Waals surface area contributed by atoms with E-state index < -0.39 is 0 Å². The van der Waals surface area contributed by atoms with Gasteiger partial charge in [-0.2, -0.15) is 0 Å². The van der Waals surface area contributed by atoms with Crippen LogP contribution in [0.3, 0.4) is 0 Å². The van der Waals surface area contributed by atoms with Crippen LogP contribution in [-0.4, -0.2) is 29.9 Å². The monoisotopic (exact) mass is 406 g/mol. The fourth-order valence-electron chi connectivity index (χ4n) is 3.10. The SMILES string of the molecule is O=C(NC1CCCN(Cc2ccccc2)C1)c1ccc(Br)cc1Cl. The summed E-state index contributed by atoms with van der Waals surface area (Å²) in [5.41, 5.74) is 1.83. The minimum atomic E-state index is -0.0981. The van der Waals surface area contributed by atoms with Gasteiger partial charge in [-0.15, -0.1) is 0 Å². The number of amides is 1. The molecular weight excluding hydrogens is 388 g/mol. The maximum absolute atomic E-state index is 12.5. The van der Waals surface area contributed by atoms with E-state index in [0.29, 0.717) is 10.6 Å². The molecule has 2 aromatic rings. The lowest BCUT2D eigenvalue weighted by atomic mass is 10.0. The van der Waals surface area contributed by atoms with Gasteiger partial charge in [-0.1, -0.05) is 57.9 Å². The fourth-order valence-corrected chi connectivity index (χ4v) is 3.85. The highest BCUT2D eigenvalue weighted by Crippen LogP contribution is 2.22. The number of piperidine rings is 1. The number of nitrogens with zero attached hydrogens (tertiary/aromatic N) is 1. The van der Waals surface area contributed by atoms with Crippen molar-refractivity contribution >= 4 is 33.4 Å². The molecular formula is C19H20BrClN2O. The third-order valence-corrected chi connectivity index (χ3v) is 5.07. The number of hydrogen-bond donors (Lipinski definition) is 1. The van der Waals surface area contributed by atoms with Gasteiger partial charge >= 0.3 is 0 Å². The third-order valence-electron chi connectivity index (χ3n) is 4.27. The molecule has 1 heterocycles. The number of halogens is 2. The van der Waals surface area contributed by atoms with Crippen molar-refractivity contribution in [1.29, 1.82) is 0 Å². The number of benzene rings is 2. The molecule has 2 aromatic carbocycles. The predicted octanol–water partition coefficient (Wildman–Crippen LogP) is 4.50.